The summed E-state index contributed by atoms with van der Waals surface area (Å²) in [5.74, 6) is 0.735. The summed E-state index contributed by atoms with van der Waals surface area (Å²) in [4.78, 5) is 23.0. The zero-order chi connectivity index (χ0) is 32.9. The molecule has 4 heterocycles. The maximum Gasteiger partial charge on any atom is 0.220 e. The number of hydrogen-bond donors (Lipinski definition) is 3. The highest BCUT2D eigenvalue weighted by atomic mass is 35.5. The summed E-state index contributed by atoms with van der Waals surface area (Å²) >= 11 is 13.9. The molecular weight excluding hydrogens is 642 g/mol. The quantitative estimate of drug-likeness (QED) is 0.148. The third-order valence-electron chi connectivity index (χ3n) is 8.52. The second-order valence-corrected chi connectivity index (χ2v) is 12.7. The van der Waals surface area contributed by atoms with Gasteiger partial charge in [0.2, 0.25) is 11.8 Å². The first-order valence-corrected chi connectivity index (χ1v) is 16.3. The van der Waals surface area contributed by atoms with Crippen LogP contribution in [0.15, 0.2) is 60.8 Å². The summed E-state index contributed by atoms with van der Waals surface area (Å²) in [5.41, 5.74) is 4.70. The molecule has 246 valence electrons. The normalized spacial score (nSPS) is 16.6. The number of halogens is 3. The first-order chi connectivity index (χ1) is 22.8. The highest BCUT2D eigenvalue weighted by molar-refractivity contribution is 6.39. The lowest BCUT2D eigenvalue weighted by Gasteiger charge is -2.39. The number of rotatable bonds is 13. The third kappa shape index (κ3) is 7.52. The number of nitrogens with zero attached hydrogens (tertiary/aromatic N) is 3. The SMILES string of the molecule is COCC1CN(Cc2cccc(Nc3ccnc(-c4cccc(-c5ccc(CNCC6CCC(=O)N6)c(OC)n5)c4Cl)c3Cl)c2F)C1. The summed E-state index contributed by atoms with van der Waals surface area (Å²) < 4.78 is 26.4. The molecule has 9 nitrogen and oxygen atoms in total. The number of carbonyl (C=O) groups excluding carboxylic acids is 1. The minimum Gasteiger partial charge on any atom is -0.481 e. The van der Waals surface area contributed by atoms with E-state index in [2.05, 4.69) is 25.8 Å². The Morgan fingerprint density at radius 3 is 2.57 bits per heavy atom. The van der Waals surface area contributed by atoms with Crippen molar-refractivity contribution in [3.63, 3.8) is 0 Å². The van der Waals surface area contributed by atoms with Gasteiger partial charge in [0, 0.05) is 86.7 Å². The van der Waals surface area contributed by atoms with Gasteiger partial charge in [0.15, 0.2) is 5.82 Å². The number of methoxy groups -OCH3 is 2. The maximum atomic E-state index is 15.6. The van der Waals surface area contributed by atoms with E-state index in [-0.39, 0.29) is 17.8 Å². The van der Waals surface area contributed by atoms with Gasteiger partial charge >= 0.3 is 0 Å². The highest BCUT2D eigenvalue weighted by Gasteiger charge is 2.27. The Balaban J connectivity index is 1.19. The maximum absolute atomic E-state index is 15.6. The topological polar surface area (TPSA) is 101 Å². The van der Waals surface area contributed by atoms with E-state index in [4.69, 9.17) is 37.7 Å². The summed E-state index contributed by atoms with van der Waals surface area (Å²) in [5, 5.41) is 10.2. The molecule has 2 aromatic heterocycles. The fourth-order valence-electron chi connectivity index (χ4n) is 6.11. The lowest BCUT2D eigenvalue weighted by atomic mass is 10.00. The van der Waals surface area contributed by atoms with Gasteiger partial charge in [0.1, 0.15) is 0 Å². The van der Waals surface area contributed by atoms with E-state index in [1.165, 1.54) is 0 Å². The van der Waals surface area contributed by atoms with Crippen LogP contribution in [0.4, 0.5) is 15.8 Å². The number of ether oxygens (including phenoxy) is 2. The van der Waals surface area contributed by atoms with Crippen LogP contribution in [-0.4, -0.2) is 67.3 Å². The molecule has 6 rings (SSSR count). The smallest absolute Gasteiger partial charge is 0.220 e. The van der Waals surface area contributed by atoms with Crippen LogP contribution in [0.5, 0.6) is 5.88 Å². The van der Waals surface area contributed by atoms with Crippen LogP contribution in [0.25, 0.3) is 22.5 Å². The van der Waals surface area contributed by atoms with Crippen molar-refractivity contribution in [3.8, 4) is 28.4 Å². The molecule has 0 saturated carbocycles. The number of carbonyl (C=O) groups is 1. The fourth-order valence-corrected chi connectivity index (χ4v) is 6.69. The predicted octanol–water partition coefficient (Wildman–Crippen LogP) is 6.46. The standard InChI is InChI=1S/C35H37Cl2FN6O3/c1-46-20-21-17-44(18-21)19-23-5-3-8-29(33(23)38)42-28-13-14-40-34(32(28)37)26-7-4-6-25(31(26)36)27-11-9-22(35(43-27)47-2)15-39-16-24-10-12-30(45)41-24/h3-9,11,13-14,21,24,39H,10,12,15-20H2,1-2H3,(H,40,42)(H,41,45). The molecule has 2 aromatic carbocycles. The van der Waals surface area contributed by atoms with Gasteiger partial charge in [-0.15, -0.1) is 0 Å². The van der Waals surface area contributed by atoms with Crippen LogP contribution in [0.2, 0.25) is 10.0 Å². The van der Waals surface area contributed by atoms with Gasteiger partial charge in [-0.05, 0) is 24.6 Å². The number of likely N-dealkylation sites (tertiary alicyclic amines) is 1. The molecule has 1 unspecified atom stereocenters. The van der Waals surface area contributed by atoms with Crippen molar-refractivity contribution in [2.75, 3.05) is 45.8 Å². The third-order valence-corrected chi connectivity index (χ3v) is 9.31. The van der Waals surface area contributed by atoms with Gasteiger partial charge in [-0.25, -0.2) is 9.37 Å². The summed E-state index contributed by atoms with van der Waals surface area (Å²) in [7, 11) is 3.28. The molecule has 2 aliphatic heterocycles. The molecule has 0 radical (unpaired) electrons. The molecular formula is C35H37Cl2FN6O3. The Labute approximate surface area is 283 Å². The van der Waals surface area contributed by atoms with Crippen molar-refractivity contribution in [2.45, 2.75) is 32.0 Å². The van der Waals surface area contributed by atoms with Crippen LogP contribution in [0.1, 0.15) is 24.0 Å². The van der Waals surface area contributed by atoms with E-state index in [1.807, 2.05) is 36.4 Å². The zero-order valence-corrected chi connectivity index (χ0v) is 27.8. The Bertz CT molecular complexity index is 1750. The van der Waals surface area contributed by atoms with Crippen LogP contribution in [0, 0.1) is 11.7 Å². The summed E-state index contributed by atoms with van der Waals surface area (Å²) in [6.07, 6.45) is 3.01. The van der Waals surface area contributed by atoms with E-state index >= 15 is 4.39 Å². The number of benzene rings is 2. The zero-order valence-electron chi connectivity index (χ0n) is 26.3. The minimum absolute atomic E-state index is 0.0906. The Kier molecular flexibility index (Phi) is 10.5. The lowest BCUT2D eigenvalue weighted by Crippen LogP contribution is -2.47. The molecule has 0 aliphatic carbocycles. The second-order valence-electron chi connectivity index (χ2n) is 11.9. The van der Waals surface area contributed by atoms with Gasteiger partial charge < -0.3 is 25.4 Å². The number of aromatic nitrogens is 2. The first-order valence-electron chi connectivity index (χ1n) is 15.6. The van der Waals surface area contributed by atoms with E-state index < -0.39 is 0 Å². The number of amides is 1. The van der Waals surface area contributed by atoms with Gasteiger partial charge in [0.25, 0.3) is 0 Å². The average molecular weight is 680 g/mol. The van der Waals surface area contributed by atoms with Crippen LogP contribution >= 0.6 is 23.2 Å². The Morgan fingerprint density at radius 2 is 1.81 bits per heavy atom. The molecule has 3 N–H and O–H groups in total. The van der Waals surface area contributed by atoms with Crippen molar-refractivity contribution in [3.05, 3.63) is 87.8 Å². The largest absolute Gasteiger partial charge is 0.481 e. The molecule has 47 heavy (non-hydrogen) atoms. The van der Waals surface area contributed by atoms with Crippen molar-refractivity contribution < 1.29 is 18.7 Å². The average Bonchev–Trinajstić information content (AvgIpc) is 3.47. The van der Waals surface area contributed by atoms with Crippen LogP contribution < -0.4 is 20.7 Å². The molecule has 2 aliphatic rings. The molecule has 1 amide bonds. The second kappa shape index (κ2) is 15.0. The minimum atomic E-state index is -0.318. The molecule has 0 spiro atoms. The molecule has 0 bridgehead atoms. The van der Waals surface area contributed by atoms with Gasteiger partial charge in [-0.3, -0.25) is 14.7 Å². The number of hydrogen-bond acceptors (Lipinski definition) is 8. The molecule has 1 atom stereocenters. The van der Waals surface area contributed by atoms with Crippen molar-refractivity contribution in [1.29, 1.82) is 0 Å². The van der Waals surface area contributed by atoms with Gasteiger partial charge in [0.05, 0.1) is 46.5 Å². The molecule has 2 fully saturated rings. The van der Waals surface area contributed by atoms with Crippen molar-refractivity contribution in [1.82, 2.24) is 25.5 Å². The van der Waals surface area contributed by atoms with Crippen molar-refractivity contribution in [2.24, 2.45) is 5.92 Å². The van der Waals surface area contributed by atoms with Crippen LogP contribution in [0.3, 0.4) is 0 Å². The van der Waals surface area contributed by atoms with E-state index in [0.29, 0.717) is 87.4 Å². The Morgan fingerprint density at radius 1 is 1.00 bits per heavy atom. The summed E-state index contributed by atoms with van der Waals surface area (Å²) in [6.45, 7) is 4.21. The number of pyridine rings is 2. The van der Waals surface area contributed by atoms with Crippen LogP contribution in [-0.2, 0) is 22.6 Å². The Hall–Kier alpha value is -3.80. The lowest BCUT2D eigenvalue weighted by molar-refractivity contribution is -0.119. The van der Waals surface area contributed by atoms with Crippen molar-refractivity contribution >= 4 is 40.5 Å². The summed E-state index contributed by atoms with van der Waals surface area (Å²) in [6, 6.07) is 16.6. The number of nitrogens with one attached hydrogen (secondary N) is 3. The molecule has 12 heteroatoms. The van der Waals surface area contributed by atoms with Gasteiger partial charge in [-0.2, -0.15) is 0 Å². The van der Waals surface area contributed by atoms with E-state index in [1.54, 1.807) is 38.6 Å². The first kappa shape index (κ1) is 33.1. The molecule has 2 saturated heterocycles. The van der Waals surface area contributed by atoms with Gasteiger partial charge in [-0.1, -0.05) is 59.6 Å². The fraction of sp³-hybridized carbons (Fsp3) is 0.343. The predicted molar refractivity (Wildman–Crippen MR) is 183 cm³/mol. The van der Waals surface area contributed by atoms with E-state index in [0.717, 1.165) is 31.7 Å². The monoisotopic (exact) mass is 678 g/mol. The molecule has 4 aromatic rings. The van der Waals surface area contributed by atoms with E-state index in [9.17, 15) is 4.79 Å². The highest BCUT2D eigenvalue weighted by Crippen LogP contribution is 2.41. The number of anilines is 2.